The molecular formula is C27H36N2O5. The first kappa shape index (κ1) is 25.6. The summed E-state index contributed by atoms with van der Waals surface area (Å²) in [7, 11) is 0. The molecule has 1 saturated carbocycles. The van der Waals surface area contributed by atoms with Gasteiger partial charge in [0, 0.05) is 24.2 Å². The number of carboxylic acids is 1. The van der Waals surface area contributed by atoms with Crippen LogP contribution >= 0.6 is 0 Å². The quantitative estimate of drug-likeness (QED) is 0.477. The molecular weight excluding hydrogens is 432 g/mol. The lowest BCUT2D eigenvalue weighted by molar-refractivity contribution is -0.147. The van der Waals surface area contributed by atoms with Crippen LogP contribution in [-0.4, -0.2) is 51.8 Å². The number of aryl methyl sites for hydroxylation is 1. The Balaban J connectivity index is 1.66. The lowest BCUT2D eigenvalue weighted by Crippen LogP contribution is -2.39. The molecule has 2 aromatic carbocycles. The van der Waals surface area contributed by atoms with Crippen LogP contribution in [0, 0.1) is 12.8 Å². The SMILES string of the molecule is Cc1ccc(CN(CC(=O)O)C(=O)[C@@H]2CC[C@H](Nc3cccc(OC(C)C)c3)[C@@H](O)CC2)cc1. The summed E-state index contributed by atoms with van der Waals surface area (Å²) in [6.45, 7) is 5.85. The van der Waals surface area contributed by atoms with E-state index in [0.717, 1.165) is 22.6 Å². The predicted molar refractivity (Wildman–Crippen MR) is 132 cm³/mol. The summed E-state index contributed by atoms with van der Waals surface area (Å²) in [4.78, 5) is 26.2. The topological polar surface area (TPSA) is 99.1 Å². The number of benzene rings is 2. The highest BCUT2D eigenvalue weighted by Crippen LogP contribution is 2.29. The Hall–Kier alpha value is -3.06. The average molecular weight is 469 g/mol. The highest BCUT2D eigenvalue weighted by atomic mass is 16.5. The van der Waals surface area contributed by atoms with Crippen LogP contribution in [0.25, 0.3) is 0 Å². The summed E-state index contributed by atoms with van der Waals surface area (Å²) in [5.41, 5.74) is 2.87. The van der Waals surface area contributed by atoms with Crippen LogP contribution in [0.4, 0.5) is 5.69 Å². The van der Waals surface area contributed by atoms with Crippen LogP contribution in [0.3, 0.4) is 0 Å². The van der Waals surface area contributed by atoms with E-state index in [-0.39, 0.29) is 37.1 Å². The van der Waals surface area contributed by atoms with Gasteiger partial charge in [-0.1, -0.05) is 35.9 Å². The van der Waals surface area contributed by atoms with Crippen LogP contribution < -0.4 is 10.1 Å². The number of anilines is 1. The number of amides is 1. The minimum Gasteiger partial charge on any atom is -0.491 e. The van der Waals surface area contributed by atoms with Crippen LogP contribution in [0.15, 0.2) is 48.5 Å². The van der Waals surface area contributed by atoms with Crippen LogP contribution in [0.2, 0.25) is 0 Å². The van der Waals surface area contributed by atoms with E-state index in [1.807, 2.05) is 69.3 Å². The number of ether oxygens (including phenoxy) is 1. The van der Waals surface area contributed by atoms with Gasteiger partial charge < -0.3 is 25.2 Å². The van der Waals surface area contributed by atoms with E-state index in [1.165, 1.54) is 4.90 Å². The number of nitrogens with zero attached hydrogens (tertiary/aromatic N) is 1. The van der Waals surface area contributed by atoms with E-state index < -0.39 is 12.1 Å². The summed E-state index contributed by atoms with van der Waals surface area (Å²) in [5, 5.41) is 23.5. The van der Waals surface area contributed by atoms with Crippen molar-refractivity contribution in [1.29, 1.82) is 0 Å². The molecule has 2 aromatic rings. The fourth-order valence-electron chi connectivity index (χ4n) is 4.40. The molecule has 3 rings (SSSR count). The van der Waals surface area contributed by atoms with E-state index in [2.05, 4.69) is 5.32 Å². The van der Waals surface area contributed by atoms with Crippen LogP contribution in [-0.2, 0) is 16.1 Å². The second-order valence-corrected chi connectivity index (χ2v) is 9.44. The average Bonchev–Trinajstić information content (AvgIpc) is 2.95. The maximum Gasteiger partial charge on any atom is 0.323 e. The van der Waals surface area contributed by atoms with Crippen molar-refractivity contribution in [2.45, 2.75) is 71.2 Å². The normalized spacial score (nSPS) is 20.4. The standard InChI is InChI=1S/C27H36N2O5/c1-18(2)34-23-6-4-5-22(15-23)28-24-13-11-21(12-14-25(24)30)27(33)29(17-26(31)32)16-20-9-7-19(3)8-10-20/h4-10,15,18,21,24-25,28,30H,11-14,16-17H2,1-3H3,(H,31,32)/t21-,24+,25+/m1/s1. The van der Waals surface area contributed by atoms with Crippen molar-refractivity contribution >= 4 is 17.6 Å². The molecule has 0 bridgehead atoms. The van der Waals surface area contributed by atoms with Crippen molar-refractivity contribution in [3.05, 3.63) is 59.7 Å². The van der Waals surface area contributed by atoms with Gasteiger partial charge in [0.05, 0.1) is 18.2 Å². The van der Waals surface area contributed by atoms with E-state index in [9.17, 15) is 19.8 Å². The zero-order valence-corrected chi connectivity index (χ0v) is 20.2. The lowest BCUT2D eigenvalue weighted by Gasteiger charge is -2.26. The van der Waals surface area contributed by atoms with E-state index in [0.29, 0.717) is 25.7 Å². The van der Waals surface area contributed by atoms with Crippen molar-refractivity contribution < 1.29 is 24.5 Å². The Bertz CT molecular complexity index is 960. The maximum atomic E-state index is 13.3. The summed E-state index contributed by atoms with van der Waals surface area (Å²) >= 11 is 0. The highest BCUT2D eigenvalue weighted by Gasteiger charge is 2.32. The molecule has 7 nitrogen and oxygen atoms in total. The van der Waals surface area contributed by atoms with Gasteiger partial charge in [-0.25, -0.2) is 0 Å². The lowest BCUT2D eigenvalue weighted by atomic mass is 9.98. The zero-order valence-electron chi connectivity index (χ0n) is 20.2. The van der Waals surface area contributed by atoms with Gasteiger partial charge in [0.1, 0.15) is 12.3 Å². The Morgan fingerprint density at radius 1 is 1.09 bits per heavy atom. The van der Waals surface area contributed by atoms with Gasteiger partial charge in [0.15, 0.2) is 0 Å². The number of hydrogen-bond donors (Lipinski definition) is 3. The van der Waals surface area contributed by atoms with Crippen molar-refractivity contribution in [3.8, 4) is 5.75 Å². The number of hydrogen-bond acceptors (Lipinski definition) is 5. The van der Waals surface area contributed by atoms with Crippen LogP contribution in [0.5, 0.6) is 5.75 Å². The van der Waals surface area contributed by atoms with Gasteiger partial charge in [-0.05, 0) is 64.2 Å². The number of carboxylic acid groups (broad SMARTS) is 1. The Kier molecular flexibility index (Phi) is 8.93. The molecule has 184 valence electrons. The molecule has 0 radical (unpaired) electrons. The fraction of sp³-hybridized carbons (Fsp3) is 0.481. The minimum atomic E-state index is -1.03. The van der Waals surface area contributed by atoms with E-state index >= 15 is 0 Å². The number of rotatable bonds is 9. The van der Waals surface area contributed by atoms with Gasteiger partial charge in [-0.3, -0.25) is 9.59 Å². The van der Waals surface area contributed by atoms with Gasteiger partial charge in [-0.15, -0.1) is 0 Å². The van der Waals surface area contributed by atoms with Gasteiger partial charge in [0.25, 0.3) is 0 Å². The first-order valence-corrected chi connectivity index (χ1v) is 12.0. The van der Waals surface area contributed by atoms with E-state index in [4.69, 9.17) is 4.74 Å². The summed E-state index contributed by atoms with van der Waals surface area (Å²) in [6, 6.07) is 15.2. The molecule has 1 aliphatic rings. The molecule has 3 atom stereocenters. The molecule has 0 aliphatic heterocycles. The Morgan fingerprint density at radius 3 is 2.47 bits per heavy atom. The molecule has 0 aromatic heterocycles. The molecule has 7 heteroatoms. The number of aliphatic hydroxyl groups excluding tert-OH is 1. The molecule has 0 spiro atoms. The largest absolute Gasteiger partial charge is 0.491 e. The van der Waals surface area contributed by atoms with Crippen molar-refractivity contribution in [1.82, 2.24) is 4.90 Å². The molecule has 1 fully saturated rings. The third-order valence-corrected chi connectivity index (χ3v) is 6.14. The fourth-order valence-corrected chi connectivity index (χ4v) is 4.40. The predicted octanol–water partition coefficient (Wildman–Crippen LogP) is 4.23. The number of carbonyl (C=O) groups excluding carboxylic acids is 1. The van der Waals surface area contributed by atoms with Crippen molar-refractivity contribution in [2.24, 2.45) is 5.92 Å². The second kappa shape index (κ2) is 11.9. The molecule has 1 amide bonds. The first-order chi connectivity index (χ1) is 16.2. The summed E-state index contributed by atoms with van der Waals surface area (Å²) in [5.74, 6) is -0.751. The Labute approximate surface area is 201 Å². The third kappa shape index (κ3) is 7.48. The first-order valence-electron chi connectivity index (χ1n) is 12.0. The molecule has 3 N–H and O–H groups in total. The van der Waals surface area contributed by atoms with Crippen molar-refractivity contribution in [3.63, 3.8) is 0 Å². The molecule has 0 unspecified atom stereocenters. The minimum absolute atomic E-state index is 0.0687. The Morgan fingerprint density at radius 2 is 1.79 bits per heavy atom. The highest BCUT2D eigenvalue weighted by molar-refractivity contribution is 5.83. The van der Waals surface area contributed by atoms with E-state index in [1.54, 1.807) is 0 Å². The molecule has 34 heavy (non-hydrogen) atoms. The van der Waals surface area contributed by atoms with Crippen molar-refractivity contribution in [2.75, 3.05) is 11.9 Å². The number of nitrogens with one attached hydrogen (secondary N) is 1. The number of carbonyl (C=O) groups is 2. The number of aliphatic carboxylic acids is 1. The monoisotopic (exact) mass is 468 g/mol. The smallest absolute Gasteiger partial charge is 0.323 e. The molecule has 0 heterocycles. The van der Waals surface area contributed by atoms with Gasteiger partial charge in [-0.2, -0.15) is 0 Å². The zero-order chi connectivity index (χ0) is 24.7. The summed E-state index contributed by atoms with van der Waals surface area (Å²) in [6.07, 6.45) is 1.66. The molecule has 1 aliphatic carbocycles. The van der Waals surface area contributed by atoms with Gasteiger partial charge in [0.2, 0.25) is 5.91 Å². The third-order valence-electron chi connectivity index (χ3n) is 6.14. The number of aliphatic hydroxyl groups is 1. The maximum absolute atomic E-state index is 13.3. The molecule has 0 saturated heterocycles. The van der Waals surface area contributed by atoms with Gasteiger partial charge >= 0.3 is 5.97 Å². The summed E-state index contributed by atoms with van der Waals surface area (Å²) < 4.78 is 5.76. The second-order valence-electron chi connectivity index (χ2n) is 9.44. The van der Waals surface area contributed by atoms with Crippen LogP contribution in [0.1, 0.15) is 50.7 Å².